The third-order valence-electron chi connectivity index (χ3n) is 3.07. The van der Waals surface area contributed by atoms with Crippen LogP contribution in [-0.2, 0) is 6.54 Å². The van der Waals surface area contributed by atoms with E-state index in [0.29, 0.717) is 6.54 Å². The second-order valence-electron chi connectivity index (χ2n) is 4.20. The van der Waals surface area contributed by atoms with Gasteiger partial charge < -0.3 is 5.73 Å². The number of rotatable bonds is 2. The fourth-order valence-electron chi connectivity index (χ4n) is 1.94. The third kappa shape index (κ3) is 1.91. The molecule has 2 heteroatoms. The number of benzene rings is 1. The SMILES string of the molecule is Cc1ccc(-c2c(CN)csc2C)cc1C. The zero-order valence-electron chi connectivity index (χ0n) is 10.0. The molecule has 2 N–H and O–H groups in total. The largest absolute Gasteiger partial charge is 0.326 e. The molecule has 1 aromatic heterocycles. The second-order valence-corrected chi connectivity index (χ2v) is 5.28. The first-order valence-corrected chi connectivity index (χ1v) is 6.36. The Morgan fingerprint density at radius 3 is 2.50 bits per heavy atom. The Labute approximate surface area is 101 Å². The van der Waals surface area contributed by atoms with Crippen LogP contribution in [0.25, 0.3) is 11.1 Å². The summed E-state index contributed by atoms with van der Waals surface area (Å²) in [5, 5.41) is 2.17. The van der Waals surface area contributed by atoms with Crippen molar-refractivity contribution in [2.75, 3.05) is 0 Å². The molecule has 0 saturated carbocycles. The van der Waals surface area contributed by atoms with E-state index in [-0.39, 0.29) is 0 Å². The summed E-state index contributed by atoms with van der Waals surface area (Å²) in [7, 11) is 0. The summed E-state index contributed by atoms with van der Waals surface area (Å²) in [5.41, 5.74) is 12.3. The van der Waals surface area contributed by atoms with Gasteiger partial charge in [-0.1, -0.05) is 18.2 Å². The highest BCUT2D eigenvalue weighted by Gasteiger charge is 2.10. The average molecular weight is 231 g/mol. The summed E-state index contributed by atoms with van der Waals surface area (Å²) in [6.45, 7) is 7.08. The molecule has 84 valence electrons. The van der Waals surface area contributed by atoms with Crippen molar-refractivity contribution in [1.29, 1.82) is 0 Å². The molecule has 2 rings (SSSR count). The Hall–Kier alpha value is -1.12. The van der Waals surface area contributed by atoms with E-state index in [4.69, 9.17) is 5.73 Å². The highest BCUT2D eigenvalue weighted by atomic mass is 32.1. The van der Waals surface area contributed by atoms with Gasteiger partial charge in [0.1, 0.15) is 0 Å². The topological polar surface area (TPSA) is 26.0 Å². The summed E-state index contributed by atoms with van der Waals surface area (Å²) in [6, 6.07) is 6.63. The molecule has 0 bridgehead atoms. The van der Waals surface area contributed by atoms with E-state index in [1.165, 1.54) is 32.7 Å². The minimum absolute atomic E-state index is 0.618. The third-order valence-corrected chi connectivity index (χ3v) is 4.03. The zero-order valence-corrected chi connectivity index (χ0v) is 10.8. The van der Waals surface area contributed by atoms with E-state index < -0.39 is 0 Å². The van der Waals surface area contributed by atoms with Crippen LogP contribution in [0.15, 0.2) is 23.6 Å². The summed E-state index contributed by atoms with van der Waals surface area (Å²) in [5.74, 6) is 0. The van der Waals surface area contributed by atoms with Crippen LogP contribution in [0, 0.1) is 20.8 Å². The van der Waals surface area contributed by atoms with Crippen molar-refractivity contribution < 1.29 is 0 Å². The summed E-state index contributed by atoms with van der Waals surface area (Å²) < 4.78 is 0. The molecular weight excluding hydrogens is 214 g/mol. The number of aryl methyl sites for hydroxylation is 3. The summed E-state index contributed by atoms with van der Waals surface area (Å²) in [6.07, 6.45) is 0. The van der Waals surface area contributed by atoms with Gasteiger partial charge in [0.2, 0.25) is 0 Å². The molecule has 2 aromatic rings. The monoisotopic (exact) mass is 231 g/mol. The van der Waals surface area contributed by atoms with Gasteiger partial charge in [-0.3, -0.25) is 0 Å². The van der Waals surface area contributed by atoms with Crippen LogP contribution in [0.4, 0.5) is 0 Å². The molecule has 0 saturated heterocycles. The lowest BCUT2D eigenvalue weighted by Gasteiger charge is -2.07. The molecule has 1 aromatic carbocycles. The molecule has 0 unspecified atom stereocenters. The molecule has 0 spiro atoms. The number of hydrogen-bond acceptors (Lipinski definition) is 2. The van der Waals surface area contributed by atoms with Crippen LogP contribution in [-0.4, -0.2) is 0 Å². The van der Waals surface area contributed by atoms with Crippen molar-refractivity contribution in [3.05, 3.63) is 45.1 Å². The molecule has 0 atom stereocenters. The van der Waals surface area contributed by atoms with Gasteiger partial charge >= 0.3 is 0 Å². The molecule has 0 aliphatic heterocycles. The van der Waals surface area contributed by atoms with Gasteiger partial charge in [0.25, 0.3) is 0 Å². The Kier molecular flexibility index (Phi) is 3.13. The van der Waals surface area contributed by atoms with Crippen LogP contribution in [0.2, 0.25) is 0 Å². The molecule has 0 radical (unpaired) electrons. The number of thiophene rings is 1. The fourth-order valence-corrected chi connectivity index (χ4v) is 2.84. The van der Waals surface area contributed by atoms with Gasteiger partial charge in [0.05, 0.1) is 0 Å². The van der Waals surface area contributed by atoms with Crippen molar-refractivity contribution in [3.8, 4) is 11.1 Å². The first kappa shape index (κ1) is 11.4. The smallest absolute Gasteiger partial charge is 0.0192 e. The molecule has 1 nitrogen and oxygen atoms in total. The molecular formula is C14H17NS. The maximum absolute atomic E-state index is 5.78. The Morgan fingerprint density at radius 1 is 1.12 bits per heavy atom. The maximum atomic E-state index is 5.78. The molecule has 0 fully saturated rings. The van der Waals surface area contributed by atoms with E-state index >= 15 is 0 Å². The van der Waals surface area contributed by atoms with Gasteiger partial charge in [-0.25, -0.2) is 0 Å². The first-order valence-electron chi connectivity index (χ1n) is 5.48. The molecule has 0 aliphatic carbocycles. The predicted octanol–water partition coefficient (Wildman–Crippen LogP) is 3.80. The van der Waals surface area contributed by atoms with E-state index in [1.807, 2.05) is 0 Å². The normalized spacial score (nSPS) is 10.8. The minimum Gasteiger partial charge on any atom is -0.326 e. The first-order chi connectivity index (χ1) is 7.63. The number of nitrogens with two attached hydrogens (primary N) is 1. The van der Waals surface area contributed by atoms with E-state index in [1.54, 1.807) is 11.3 Å². The highest BCUT2D eigenvalue weighted by Crippen LogP contribution is 2.32. The van der Waals surface area contributed by atoms with Gasteiger partial charge in [-0.15, -0.1) is 11.3 Å². The molecule has 0 amide bonds. The molecule has 0 aliphatic rings. The van der Waals surface area contributed by atoms with Crippen LogP contribution in [0.1, 0.15) is 21.6 Å². The lowest BCUT2D eigenvalue weighted by Crippen LogP contribution is -1.97. The van der Waals surface area contributed by atoms with Crippen molar-refractivity contribution >= 4 is 11.3 Å². The summed E-state index contributed by atoms with van der Waals surface area (Å²) >= 11 is 1.78. The van der Waals surface area contributed by atoms with E-state index in [9.17, 15) is 0 Å². The van der Waals surface area contributed by atoms with E-state index in [0.717, 1.165) is 0 Å². The highest BCUT2D eigenvalue weighted by molar-refractivity contribution is 7.10. The van der Waals surface area contributed by atoms with E-state index in [2.05, 4.69) is 44.4 Å². The predicted molar refractivity (Wildman–Crippen MR) is 71.9 cm³/mol. The van der Waals surface area contributed by atoms with Gasteiger partial charge in [-0.2, -0.15) is 0 Å². The van der Waals surface area contributed by atoms with Gasteiger partial charge in [0, 0.05) is 11.4 Å². The van der Waals surface area contributed by atoms with Gasteiger partial charge in [0.15, 0.2) is 0 Å². The van der Waals surface area contributed by atoms with Crippen LogP contribution < -0.4 is 5.73 Å². The molecule has 16 heavy (non-hydrogen) atoms. The van der Waals surface area contributed by atoms with Gasteiger partial charge in [-0.05, 0) is 54.0 Å². The Balaban J connectivity index is 2.57. The standard InChI is InChI=1S/C14H17NS/c1-9-4-5-12(6-10(9)2)14-11(3)16-8-13(14)7-15/h4-6,8H,7,15H2,1-3H3. The minimum atomic E-state index is 0.618. The lowest BCUT2D eigenvalue weighted by atomic mass is 9.98. The van der Waals surface area contributed by atoms with Crippen molar-refractivity contribution in [2.45, 2.75) is 27.3 Å². The fraction of sp³-hybridized carbons (Fsp3) is 0.286. The molecule has 1 heterocycles. The Bertz CT molecular complexity index is 511. The van der Waals surface area contributed by atoms with Crippen molar-refractivity contribution in [3.63, 3.8) is 0 Å². The van der Waals surface area contributed by atoms with Crippen LogP contribution in [0.3, 0.4) is 0 Å². The summed E-state index contributed by atoms with van der Waals surface area (Å²) in [4.78, 5) is 1.35. The van der Waals surface area contributed by atoms with Crippen molar-refractivity contribution in [2.24, 2.45) is 5.73 Å². The zero-order chi connectivity index (χ0) is 11.7. The second kappa shape index (κ2) is 4.40. The quantitative estimate of drug-likeness (QED) is 0.836. The Morgan fingerprint density at radius 2 is 1.88 bits per heavy atom. The lowest BCUT2D eigenvalue weighted by molar-refractivity contribution is 1.08. The van der Waals surface area contributed by atoms with Crippen LogP contribution in [0.5, 0.6) is 0 Å². The maximum Gasteiger partial charge on any atom is 0.0192 e. The van der Waals surface area contributed by atoms with Crippen LogP contribution >= 0.6 is 11.3 Å². The van der Waals surface area contributed by atoms with Crippen molar-refractivity contribution in [1.82, 2.24) is 0 Å². The number of hydrogen-bond donors (Lipinski definition) is 1. The average Bonchev–Trinajstić information content (AvgIpc) is 2.64.